The maximum Gasteiger partial charge on any atom is 0.190 e. The van der Waals surface area contributed by atoms with E-state index in [1.807, 2.05) is 38.5 Å². The van der Waals surface area contributed by atoms with Gasteiger partial charge in [-0.2, -0.15) is 0 Å². The van der Waals surface area contributed by atoms with E-state index in [-0.39, 0.29) is 0 Å². The number of hydrogen-bond donors (Lipinski definition) is 2. The van der Waals surface area contributed by atoms with E-state index in [1.54, 1.807) is 7.11 Å². The van der Waals surface area contributed by atoms with Crippen molar-refractivity contribution in [3.8, 4) is 11.5 Å². The lowest BCUT2D eigenvalue weighted by atomic mass is 9.89. The first-order chi connectivity index (χ1) is 14.6. The Morgan fingerprint density at radius 1 is 1.17 bits per heavy atom. The molecule has 1 aromatic heterocycles. The number of rotatable bonds is 11. The van der Waals surface area contributed by atoms with Crippen molar-refractivity contribution in [3.63, 3.8) is 0 Å². The first-order valence-corrected chi connectivity index (χ1v) is 10.7. The Kier molecular flexibility index (Phi) is 9.98. The minimum atomic E-state index is 0.383. The van der Waals surface area contributed by atoms with Gasteiger partial charge in [-0.25, -0.2) is 0 Å². The molecule has 1 atom stereocenters. The van der Waals surface area contributed by atoms with Crippen molar-refractivity contribution in [2.75, 3.05) is 33.9 Å². The van der Waals surface area contributed by atoms with Crippen molar-refractivity contribution >= 4 is 5.96 Å². The van der Waals surface area contributed by atoms with Gasteiger partial charge in [-0.15, -0.1) is 0 Å². The summed E-state index contributed by atoms with van der Waals surface area (Å²) in [5.74, 6) is 3.30. The van der Waals surface area contributed by atoms with Gasteiger partial charge in [-0.3, -0.25) is 9.98 Å². The van der Waals surface area contributed by atoms with Crippen LogP contribution < -0.4 is 20.1 Å². The summed E-state index contributed by atoms with van der Waals surface area (Å²) in [5, 5.41) is 6.88. The number of nitrogens with zero attached hydrogens (tertiary/aromatic N) is 2. The summed E-state index contributed by atoms with van der Waals surface area (Å²) < 4.78 is 11.0. The molecular weight excluding hydrogens is 376 g/mol. The molecule has 1 unspecified atom stereocenters. The van der Waals surface area contributed by atoms with Gasteiger partial charge in [-0.05, 0) is 55.0 Å². The maximum atomic E-state index is 5.67. The second kappa shape index (κ2) is 12.7. The number of benzene rings is 1. The van der Waals surface area contributed by atoms with Crippen molar-refractivity contribution in [3.05, 3.63) is 53.9 Å². The first kappa shape index (κ1) is 23.5. The minimum Gasteiger partial charge on any atom is -0.493 e. The molecule has 0 saturated heterocycles. The fourth-order valence-electron chi connectivity index (χ4n) is 3.41. The normalized spacial score (nSPS) is 12.5. The molecule has 1 aromatic carbocycles. The minimum absolute atomic E-state index is 0.383. The summed E-state index contributed by atoms with van der Waals surface area (Å²) in [7, 11) is 3.47. The molecule has 2 rings (SSSR count). The lowest BCUT2D eigenvalue weighted by molar-refractivity contribution is 0.310. The first-order valence-electron chi connectivity index (χ1n) is 10.7. The van der Waals surface area contributed by atoms with Gasteiger partial charge in [0.1, 0.15) is 0 Å². The predicted octanol–water partition coefficient (Wildman–Crippen LogP) is 4.03. The quantitative estimate of drug-likeness (QED) is 0.331. The number of guanidine groups is 1. The maximum absolute atomic E-state index is 5.67. The van der Waals surface area contributed by atoms with Crippen LogP contribution >= 0.6 is 0 Å². The zero-order valence-electron chi connectivity index (χ0n) is 18.9. The standard InChI is InChI=1S/C24H36N4O2/c1-6-30-23-15-19(11-12-22(23)29-5)9-7-14-27-24(25-4)28-17-21(18(2)3)20-10-8-13-26-16-20/h8,10-13,15-16,18,21H,6-7,9,14,17H2,1-5H3,(H2,25,27,28). The molecule has 0 amide bonds. The van der Waals surface area contributed by atoms with Crippen LogP contribution in [0.2, 0.25) is 0 Å². The van der Waals surface area contributed by atoms with Crippen LogP contribution in [0.4, 0.5) is 0 Å². The van der Waals surface area contributed by atoms with E-state index in [0.29, 0.717) is 18.4 Å². The predicted molar refractivity (Wildman–Crippen MR) is 124 cm³/mol. The largest absolute Gasteiger partial charge is 0.493 e. The van der Waals surface area contributed by atoms with Crippen molar-refractivity contribution in [2.24, 2.45) is 10.9 Å². The van der Waals surface area contributed by atoms with Crippen molar-refractivity contribution in [1.82, 2.24) is 15.6 Å². The van der Waals surface area contributed by atoms with E-state index in [0.717, 1.165) is 43.4 Å². The summed E-state index contributed by atoms with van der Waals surface area (Å²) in [6.07, 6.45) is 5.72. The SMILES string of the molecule is CCOc1cc(CCCNC(=NC)NCC(c2cccnc2)C(C)C)ccc1OC. The summed E-state index contributed by atoms with van der Waals surface area (Å²) in [6, 6.07) is 10.3. The molecular formula is C24H36N4O2. The number of nitrogens with one attached hydrogen (secondary N) is 2. The van der Waals surface area contributed by atoms with E-state index < -0.39 is 0 Å². The molecule has 0 radical (unpaired) electrons. The molecule has 0 aliphatic carbocycles. The molecule has 0 fully saturated rings. The second-order valence-electron chi connectivity index (χ2n) is 7.54. The van der Waals surface area contributed by atoms with Gasteiger partial charge < -0.3 is 20.1 Å². The average Bonchev–Trinajstić information content (AvgIpc) is 2.76. The van der Waals surface area contributed by atoms with Gasteiger partial charge in [0.2, 0.25) is 0 Å². The van der Waals surface area contributed by atoms with Gasteiger partial charge in [0.15, 0.2) is 17.5 Å². The molecule has 30 heavy (non-hydrogen) atoms. The zero-order chi connectivity index (χ0) is 21.8. The van der Waals surface area contributed by atoms with Crippen LogP contribution in [-0.4, -0.2) is 44.8 Å². The summed E-state index contributed by atoms with van der Waals surface area (Å²) in [4.78, 5) is 8.62. The van der Waals surface area contributed by atoms with Crippen LogP contribution in [0.5, 0.6) is 11.5 Å². The Bertz CT molecular complexity index is 778. The molecule has 6 heteroatoms. The molecule has 0 spiro atoms. The molecule has 6 nitrogen and oxygen atoms in total. The lowest BCUT2D eigenvalue weighted by Gasteiger charge is -2.23. The Labute approximate surface area is 181 Å². The van der Waals surface area contributed by atoms with Crippen molar-refractivity contribution in [2.45, 2.75) is 39.5 Å². The molecule has 0 bridgehead atoms. The number of aromatic nitrogens is 1. The van der Waals surface area contributed by atoms with Crippen LogP contribution in [0.1, 0.15) is 44.2 Å². The Hall–Kier alpha value is -2.76. The Balaban J connectivity index is 1.81. The topological polar surface area (TPSA) is 67.8 Å². The van der Waals surface area contributed by atoms with E-state index in [4.69, 9.17) is 9.47 Å². The second-order valence-corrected chi connectivity index (χ2v) is 7.54. The van der Waals surface area contributed by atoms with Gasteiger partial charge in [-0.1, -0.05) is 26.0 Å². The summed E-state index contributed by atoms with van der Waals surface area (Å²) in [5.41, 5.74) is 2.49. The van der Waals surface area contributed by atoms with Crippen LogP contribution in [-0.2, 0) is 6.42 Å². The highest BCUT2D eigenvalue weighted by Gasteiger charge is 2.16. The third-order valence-corrected chi connectivity index (χ3v) is 5.09. The van der Waals surface area contributed by atoms with Gasteiger partial charge in [0.05, 0.1) is 13.7 Å². The number of hydrogen-bond acceptors (Lipinski definition) is 4. The van der Waals surface area contributed by atoms with Crippen LogP contribution in [0, 0.1) is 5.92 Å². The molecule has 1 heterocycles. The van der Waals surface area contributed by atoms with E-state index in [9.17, 15) is 0 Å². The van der Waals surface area contributed by atoms with E-state index in [2.05, 4.69) is 52.7 Å². The van der Waals surface area contributed by atoms with Crippen LogP contribution in [0.3, 0.4) is 0 Å². The monoisotopic (exact) mass is 412 g/mol. The Morgan fingerprint density at radius 3 is 2.63 bits per heavy atom. The van der Waals surface area contributed by atoms with Gasteiger partial charge in [0, 0.05) is 38.4 Å². The number of ether oxygens (including phenoxy) is 2. The third-order valence-electron chi connectivity index (χ3n) is 5.09. The van der Waals surface area contributed by atoms with Gasteiger partial charge in [0.25, 0.3) is 0 Å². The number of pyridine rings is 1. The molecule has 0 saturated carbocycles. The molecule has 164 valence electrons. The van der Waals surface area contributed by atoms with E-state index >= 15 is 0 Å². The number of aryl methyl sites for hydroxylation is 1. The van der Waals surface area contributed by atoms with Crippen molar-refractivity contribution in [1.29, 1.82) is 0 Å². The fourth-order valence-corrected chi connectivity index (χ4v) is 3.41. The lowest BCUT2D eigenvalue weighted by Crippen LogP contribution is -2.40. The molecule has 0 aliphatic heterocycles. The van der Waals surface area contributed by atoms with Crippen molar-refractivity contribution < 1.29 is 9.47 Å². The van der Waals surface area contributed by atoms with E-state index in [1.165, 1.54) is 11.1 Å². The van der Waals surface area contributed by atoms with Crippen LogP contribution in [0.25, 0.3) is 0 Å². The highest BCUT2D eigenvalue weighted by Crippen LogP contribution is 2.28. The zero-order valence-corrected chi connectivity index (χ0v) is 18.9. The summed E-state index contributed by atoms with van der Waals surface area (Å²) in [6.45, 7) is 8.74. The van der Waals surface area contributed by atoms with Gasteiger partial charge >= 0.3 is 0 Å². The van der Waals surface area contributed by atoms with Crippen LogP contribution in [0.15, 0.2) is 47.7 Å². The number of aliphatic imine (C=N–C) groups is 1. The third kappa shape index (κ3) is 7.25. The molecule has 2 N–H and O–H groups in total. The highest BCUT2D eigenvalue weighted by molar-refractivity contribution is 5.79. The average molecular weight is 413 g/mol. The smallest absolute Gasteiger partial charge is 0.190 e. The highest BCUT2D eigenvalue weighted by atomic mass is 16.5. The summed E-state index contributed by atoms with van der Waals surface area (Å²) >= 11 is 0. The fraction of sp³-hybridized carbons (Fsp3) is 0.500. The number of methoxy groups -OCH3 is 1. The molecule has 2 aromatic rings. The Morgan fingerprint density at radius 2 is 2.00 bits per heavy atom. The molecule has 0 aliphatic rings.